The minimum absolute atomic E-state index is 1.51. The molecule has 0 amide bonds. The van der Waals surface area contributed by atoms with Gasteiger partial charge in [0, 0.05) is 0 Å². The summed E-state index contributed by atoms with van der Waals surface area (Å²) >= 11 is 1.51. The van der Waals surface area contributed by atoms with Gasteiger partial charge in [-0.2, -0.15) is 0 Å². The van der Waals surface area contributed by atoms with E-state index in [0.29, 0.717) is 0 Å². The zero-order chi connectivity index (χ0) is 4.50. The number of hydrogen-bond donors (Lipinski definition) is 0. The van der Waals surface area contributed by atoms with Crippen molar-refractivity contribution in [3.63, 3.8) is 0 Å². The second kappa shape index (κ2) is 1.43. The zero-order valence-corrected chi connectivity index (χ0v) is 4.60. The van der Waals surface area contributed by atoms with E-state index in [1.165, 1.54) is 15.5 Å². The summed E-state index contributed by atoms with van der Waals surface area (Å²) in [5, 5.41) is 0. The molecule has 0 aromatic rings. The first-order valence-electron chi connectivity index (χ1n) is 0.756. The van der Waals surface area contributed by atoms with Gasteiger partial charge in [0.1, 0.15) is 0 Å². The van der Waals surface area contributed by atoms with Gasteiger partial charge >= 0.3 is 35.0 Å². The van der Waals surface area contributed by atoms with Gasteiger partial charge in [0.25, 0.3) is 0 Å². The Morgan fingerprint density at radius 3 is 1.20 bits per heavy atom. The van der Waals surface area contributed by atoms with Crippen molar-refractivity contribution in [2.24, 2.45) is 0 Å². The third-order valence-corrected chi connectivity index (χ3v) is 0. The van der Waals surface area contributed by atoms with Crippen molar-refractivity contribution in [2.75, 3.05) is 0 Å². The predicted octanol–water partition coefficient (Wildman–Crippen LogP) is 2.70. The van der Waals surface area contributed by atoms with Crippen molar-refractivity contribution in [2.45, 2.75) is 0 Å². The van der Waals surface area contributed by atoms with Gasteiger partial charge in [-0.05, 0) is 0 Å². The number of halogens is 4. The molecule has 0 aromatic heterocycles. The maximum atomic E-state index is 10.4. The Morgan fingerprint density at radius 2 is 1.20 bits per heavy atom. The van der Waals surface area contributed by atoms with Crippen LogP contribution in [-0.2, 0) is 0 Å². The molecule has 0 heterocycles. The Labute approximate surface area is 35.8 Å². The molecule has 5 heteroatoms. The van der Waals surface area contributed by atoms with E-state index in [1.54, 1.807) is 0 Å². The van der Waals surface area contributed by atoms with E-state index in [2.05, 4.69) is 0 Å². The molecule has 0 aliphatic carbocycles. The van der Waals surface area contributed by atoms with Crippen LogP contribution in [0.5, 0.6) is 0 Å². The van der Waals surface area contributed by atoms with Crippen LogP contribution < -0.4 is 0 Å². The summed E-state index contributed by atoms with van der Waals surface area (Å²) < 4.78 is 31.2. The van der Waals surface area contributed by atoms with Gasteiger partial charge in [0.2, 0.25) is 0 Å². The van der Waals surface area contributed by atoms with E-state index in [-0.39, 0.29) is 0 Å². The van der Waals surface area contributed by atoms with Gasteiger partial charge in [-0.25, -0.2) is 0 Å². The molecular weight excluding hydrogens is 168 g/mol. The molecule has 0 N–H and O–H groups in total. The van der Waals surface area contributed by atoms with Crippen LogP contribution in [0.25, 0.3) is 0 Å². The van der Waals surface area contributed by atoms with Crippen LogP contribution in [0.1, 0.15) is 0 Å². The Morgan fingerprint density at radius 1 is 1.20 bits per heavy atom. The summed E-state index contributed by atoms with van der Waals surface area (Å²) in [4.78, 5) is 0. The predicted molar refractivity (Wildman–Crippen MR) is 20.6 cm³/mol. The van der Waals surface area contributed by atoms with Crippen LogP contribution in [-0.4, -0.2) is 0 Å². The van der Waals surface area contributed by atoms with Crippen molar-refractivity contribution in [3.05, 3.63) is 0 Å². The Bertz CT molecular complexity index is 22.4. The monoisotopic (exact) mass is 168 g/mol. The first-order chi connectivity index (χ1) is 2.00. The quantitative estimate of drug-likeness (QED) is 0.489. The van der Waals surface area contributed by atoms with E-state index in [0.717, 1.165) is 0 Å². The van der Waals surface area contributed by atoms with Gasteiger partial charge < -0.3 is 0 Å². The molecule has 0 bridgehead atoms. The molecule has 0 atom stereocenters. The zero-order valence-electron chi connectivity index (χ0n) is 2.01. The standard InChI is InChI=1S/BrF3HP/c1-5(2,3)4/h5H. The van der Waals surface area contributed by atoms with Gasteiger partial charge in [0.15, 0.2) is 0 Å². The fraction of sp³-hybridized carbons (Fsp3) is 0. The molecule has 5 heavy (non-hydrogen) atoms. The summed E-state index contributed by atoms with van der Waals surface area (Å²) in [6, 6.07) is 0. The van der Waals surface area contributed by atoms with Crippen LogP contribution in [0, 0.1) is 0 Å². The molecule has 0 saturated carbocycles. The molecule has 0 aromatic carbocycles. The van der Waals surface area contributed by atoms with Crippen molar-refractivity contribution >= 4 is 22.4 Å². The van der Waals surface area contributed by atoms with E-state index in [4.69, 9.17) is 0 Å². The van der Waals surface area contributed by atoms with Crippen LogP contribution in [0.15, 0.2) is 0 Å². The van der Waals surface area contributed by atoms with Gasteiger partial charge in [-0.3, -0.25) is 0 Å². The average Bonchev–Trinajstić information content (AvgIpc) is 0.722. The van der Waals surface area contributed by atoms with Gasteiger partial charge in [0.05, 0.1) is 0 Å². The van der Waals surface area contributed by atoms with Crippen LogP contribution in [0.4, 0.5) is 12.6 Å². The molecule has 0 unspecified atom stereocenters. The molecule has 0 radical (unpaired) electrons. The van der Waals surface area contributed by atoms with Crippen LogP contribution >= 0.6 is 22.4 Å². The van der Waals surface area contributed by atoms with Gasteiger partial charge in [-0.15, -0.1) is 0 Å². The van der Waals surface area contributed by atoms with Crippen molar-refractivity contribution in [1.29, 1.82) is 0 Å². The molecule has 0 fully saturated rings. The molecule has 0 saturated heterocycles. The molecule has 34 valence electrons. The summed E-state index contributed by atoms with van der Waals surface area (Å²) in [6.07, 6.45) is 0. The van der Waals surface area contributed by atoms with Crippen LogP contribution in [0.3, 0.4) is 0 Å². The number of rotatable bonds is 0. The molecule has 0 aliphatic rings. The van der Waals surface area contributed by atoms with E-state index in [1.807, 2.05) is 0 Å². The topological polar surface area (TPSA) is 0 Å². The van der Waals surface area contributed by atoms with Crippen molar-refractivity contribution in [1.82, 2.24) is 0 Å². The second-order valence-corrected chi connectivity index (χ2v) is 3.98. The Hall–Kier alpha value is 0.700. The fourth-order valence-electron chi connectivity index (χ4n) is 0. The van der Waals surface area contributed by atoms with Crippen LogP contribution in [0.2, 0.25) is 0 Å². The molecule has 0 rings (SSSR count). The van der Waals surface area contributed by atoms with Crippen molar-refractivity contribution in [3.8, 4) is 0 Å². The van der Waals surface area contributed by atoms with Gasteiger partial charge in [-0.1, -0.05) is 0 Å². The van der Waals surface area contributed by atoms with E-state index in [9.17, 15) is 12.6 Å². The van der Waals surface area contributed by atoms with E-state index < -0.39 is 6.90 Å². The number of hydrogen-bond acceptors (Lipinski definition) is 0. The second-order valence-electron chi connectivity index (χ2n) is 0.429. The minimum atomic E-state index is -5.30. The maximum absolute atomic E-state index is 10.4. The summed E-state index contributed by atoms with van der Waals surface area (Å²) in [5.74, 6) is 0. The third kappa shape index (κ3) is 69.9. The first kappa shape index (κ1) is 5.70. The Balaban J connectivity index is 3.02. The summed E-state index contributed by atoms with van der Waals surface area (Å²) in [6.45, 7) is -5.30. The molecule has 0 spiro atoms. The Kier molecular flexibility index (Phi) is 1.63. The van der Waals surface area contributed by atoms with Crippen molar-refractivity contribution < 1.29 is 12.6 Å². The molecule has 0 nitrogen and oxygen atoms in total. The summed E-state index contributed by atoms with van der Waals surface area (Å²) in [7, 11) is 0. The fourth-order valence-corrected chi connectivity index (χ4v) is 0. The SMILES string of the molecule is F[PH](F)(F)Br. The normalized spacial score (nSPS) is 15.2. The first-order valence-corrected chi connectivity index (χ1v) is 4.65. The molecule has 0 aliphatic heterocycles. The summed E-state index contributed by atoms with van der Waals surface area (Å²) in [5.41, 5.74) is 0. The average molecular weight is 169 g/mol. The molecular formula is HBrF3P. The third-order valence-electron chi connectivity index (χ3n) is 0. The van der Waals surface area contributed by atoms with E-state index >= 15 is 0 Å².